The summed E-state index contributed by atoms with van der Waals surface area (Å²) in [5.41, 5.74) is 1.37. The number of amides is 1. The summed E-state index contributed by atoms with van der Waals surface area (Å²) >= 11 is 5.39. The highest BCUT2D eigenvalue weighted by atomic mass is 35.5. The molecule has 0 aliphatic heterocycles. The predicted molar refractivity (Wildman–Crippen MR) is 86.3 cm³/mol. The molecule has 7 heteroatoms. The maximum absolute atomic E-state index is 12.2. The second kappa shape index (κ2) is 7.40. The van der Waals surface area contributed by atoms with E-state index in [4.69, 9.17) is 11.6 Å². The van der Waals surface area contributed by atoms with E-state index < -0.39 is 10.0 Å². The zero-order chi connectivity index (χ0) is 16.0. The van der Waals surface area contributed by atoms with Crippen molar-refractivity contribution in [1.82, 2.24) is 4.72 Å². The standard InChI is InChI=1S/C15H15ClN2O3S/c16-10-15(19)18-13-6-8-14(9-7-13)22(20,21)17-11-12-4-2-1-3-5-12/h1-9,17H,10-11H2,(H,18,19). The number of carbonyl (C=O) groups is 1. The highest BCUT2D eigenvalue weighted by Gasteiger charge is 2.13. The predicted octanol–water partition coefficient (Wildman–Crippen LogP) is 2.34. The van der Waals surface area contributed by atoms with Gasteiger partial charge in [0.1, 0.15) is 5.88 Å². The van der Waals surface area contributed by atoms with Crippen LogP contribution >= 0.6 is 11.6 Å². The summed E-state index contributed by atoms with van der Waals surface area (Å²) in [6.45, 7) is 0.216. The van der Waals surface area contributed by atoms with Gasteiger partial charge in [-0.05, 0) is 29.8 Å². The smallest absolute Gasteiger partial charge is 0.240 e. The van der Waals surface area contributed by atoms with E-state index in [1.807, 2.05) is 30.3 Å². The van der Waals surface area contributed by atoms with Crippen LogP contribution in [-0.4, -0.2) is 20.2 Å². The normalized spacial score (nSPS) is 11.1. The fraction of sp³-hybridized carbons (Fsp3) is 0.133. The molecule has 116 valence electrons. The van der Waals surface area contributed by atoms with Crippen LogP contribution in [-0.2, 0) is 21.4 Å². The molecule has 2 aromatic rings. The molecule has 0 radical (unpaired) electrons. The van der Waals surface area contributed by atoms with Crippen molar-refractivity contribution in [1.29, 1.82) is 0 Å². The van der Waals surface area contributed by atoms with Gasteiger partial charge < -0.3 is 5.32 Å². The molecule has 2 rings (SSSR count). The van der Waals surface area contributed by atoms with Crippen molar-refractivity contribution in [3.63, 3.8) is 0 Å². The first kappa shape index (κ1) is 16.5. The van der Waals surface area contributed by atoms with Gasteiger partial charge >= 0.3 is 0 Å². The maximum Gasteiger partial charge on any atom is 0.240 e. The topological polar surface area (TPSA) is 75.3 Å². The van der Waals surface area contributed by atoms with Gasteiger partial charge in [-0.2, -0.15) is 0 Å². The summed E-state index contributed by atoms with van der Waals surface area (Å²) in [7, 11) is -3.60. The fourth-order valence-corrected chi connectivity index (χ4v) is 2.85. The molecule has 0 heterocycles. The van der Waals surface area contributed by atoms with E-state index in [0.29, 0.717) is 5.69 Å². The molecule has 0 aromatic heterocycles. The lowest BCUT2D eigenvalue weighted by Crippen LogP contribution is -2.23. The Morgan fingerprint density at radius 3 is 2.23 bits per heavy atom. The largest absolute Gasteiger partial charge is 0.325 e. The molecule has 0 aliphatic carbocycles. The molecule has 0 aliphatic rings. The van der Waals surface area contributed by atoms with Crippen LogP contribution in [0.15, 0.2) is 59.5 Å². The zero-order valence-electron chi connectivity index (χ0n) is 11.6. The molecule has 0 unspecified atom stereocenters. The number of anilines is 1. The Morgan fingerprint density at radius 1 is 1.00 bits per heavy atom. The van der Waals surface area contributed by atoms with Crippen molar-refractivity contribution >= 4 is 33.2 Å². The van der Waals surface area contributed by atoms with Gasteiger partial charge in [-0.3, -0.25) is 4.79 Å². The van der Waals surface area contributed by atoms with E-state index in [-0.39, 0.29) is 23.2 Å². The second-order valence-electron chi connectivity index (χ2n) is 4.52. The van der Waals surface area contributed by atoms with Crippen molar-refractivity contribution in [3.05, 3.63) is 60.2 Å². The van der Waals surface area contributed by atoms with E-state index >= 15 is 0 Å². The Hall–Kier alpha value is -1.89. The average Bonchev–Trinajstić information content (AvgIpc) is 2.54. The number of hydrogen-bond donors (Lipinski definition) is 2. The summed E-state index contributed by atoms with van der Waals surface area (Å²) in [6.07, 6.45) is 0. The molecule has 0 saturated heterocycles. The molecule has 0 atom stereocenters. The monoisotopic (exact) mass is 338 g/mol. The van der Waals surface area contributed by atoms with Crippen LogP contribution in [0.4, 0.5) is 5.69 Å². The van der Waals surface area contributed by atoms with Gasteiger partial charge in [-0.1, -0.05) is 30.3 Å². The number of alkyl halides is 1. The summed E-state index contributed by atoms with van der Waals surface area (Å²) < 4.78 is 26.9. The van der Waals surface area contributed by atoms with Crippen LogP contribution in [0.2, 0.25) is 0 Å². The molecule has 5 nitrogen and oxygen atoms in total. The average molecular weight is 339 g/mol. The molecule has 0 saturated carbocycles. The Morgan fingerprint density at radius 2 is 1.64 bits per heavy atom. The highest BCUT2D eigenvalue weighted by Crippen LogP contribution is 2.14. The molecule has 0 fully saturated rings. The molecule has 0 bridgehead atoms. The van der Waals surface area contributed by atoms with Crippen LogP contribution in [0.1, 0.15) is 5.56 Å². The van der Waals surface area contributed by atoms with Gasteiger partial charge in [0.15, 0.2) is 0 Å². The van der Waals surface area contributed by atoms with E-state index in [0.717, 1.165) is 5.56 Å². The van der Waals surface area contributed by atoms with Crippen molar-refractivity contribution in [3.8, 4) is 0 Å². The van der Waals surface area contributed by atoms with E-state index in [2.05, 4.69) is 10.0 Å². The first-order valence-corrected chi connectivity index (χ1v) is 8.52. The van der Waals surface area contributed by atoms with Crippen molar-refractivity contribution in [2.24, 2.45) is 0 Å². The second-order valence-corrected chi connectivity index (χ2v) is 6.55. The number of benzene rings is 2. The third-order valence-electron chi connectivity index (χ3n) is 2.88. The number of sulfonamides is 1. The first-order valence-electron chi connectivity index (χ1n) is 6.51. The van der Waals surface area contributed by atoms with Crippen molar-refractivity contribution < 1.29 is 13.2 Å². The van der Waals surface area contributed by atoms with E-state index in [9.17, 15) is 13.2 Å². The van der Waals surface area contributed by atoms with Crippen LogP contribution in [0, 0.1) is 0 Å². The summed E-state index contributed by atoms with van der Waals surface area (Å²) in [5.74, 6) is -0.502. The van der Waals surface area contributed by atoms with Gasteiger partial charge in [-0.25, -0.2) is 13.1 Å². The van der Waals surface area contributed by atoms with Crippen molar-refractivity contribution in [2.45, 2.75) is 11.4 Å². The molecule has 2 aromatic carbocycles. The summed E-state index contributed by atoms with van der Waals surface area (Å²) in [6, 6.07) is 15.1. The van der Waals surface area contributed by atoms with Crippen LogP contribution < -0.4 is 10.0 Å². The highest BCUT2D eigenvalue weighted by molar-refractivity contribution is 7.89. The van der Waals surface area contributed by atoms with Gasteiger partial charge in [-0.15, -0.1) is 11.6 Å². The third-order valence-corrected chi connectivity index (χ3v) is 4.54. The number of nitrogens with one attached hydrogen (secondary N) is 2. The number of halogens is 1. The first-order chi connectivity index (χ1) is 10.5. The Kier molecular flexibility index (Phi) is 5.54. The van der Waals surface area contributed by atoms with Crippen LogP contribution in [0.5, 0.6) is 0 Å². The van der Waals surface area contributed by atoms with E-state index in [1.165, 1.54) is 24.3 Å². The Labute approximate surface area is 134 Å². The number of carbonyl (C=O) groups excluding carboxylic acids is 1. The summed E-state index contributed by atoms with van der Waals surface area (Å²) in [4.78, 5) is 11.3. The minimum atomic E-state index is -3.60. The number of rotatable bonds is 6. The minimum absolute atomic E-state index is 0.132. The number of hydrogen-bond acceptors (Lipinski definition) is 3. The lowest BCUT2D eigenvalue weighted by atomic mass is 10.2. The van der Waals surface area contributed by atoms with Crippen molar-refractivity contribution in [2.75, 3.05) is 11.2 Å². The van der Waals surface area contributed by atoms with Crippen LogP contribution in [0.3, 0.4) is 0 Å². The third kappa shape index (κ3) is 4.56. The van der Waals surface area contributed by atoms with Gasteiger partial charge in [0, 0.05) is 12.2 Å². The van der Waals surface area contributed by atoms with Gasteiger partial charge in [0.2, 0.25) is 15.9 Å². The fourth-order valence-electron chi connectivity index (χ4n) is 1.77. The Bertz CT molecular complexity index is 731. The van der Waals surface area contributed by atoms with Gasteiger partial charge in [0.25, 0.3) is 0 Å². The lowest BCUT2D eigenvalue weighted by molar-refractivity contribution is -0.113. The quantitative estimate of drug-likeness (QED) is 0.794. The maximum atomic E-state index is 12.2. The molecule has 0 spiro atoms. The van der Waals surface area contributed by atoms with Crippen LogP contribution in [0.25, 0.3) is 0 Å². The molecular formula is C15H15ClN2O3S. The molecular weight excluding hydrogens is 324 g/mol. The molecule has 2 N–H and O–H groups in total. The zero-order valence-corrected chi connectivity index (χ0v) is 13.2. The Balaban J connectivity index is 2.04. The summed E-state index contributed by atoms with van der Waals surface area (Å²) in [5, 5.41) is 2.54. The van der Waals surface area contributed by atoms with Gasteiger partial charge in [0.05, 0.1) is 4.90 Å². The molecule has 22 heavy (non-hydrogen) atoms. The minimum Gasteiger partial charge on any atom is -0.325 e. The SMILES string of the molecule is O=C(CCl)Nc1ccc(S(=O)(=O)NCc2ccccc2)cc1. The lowest BCUT2D eigenvalue weighted by Gasteiger charge is -2.08. The molecule has 1 amide bonds. The van der Waals surface area contributed by atoms with E-state index in [1.54, 1.807) is 0 Å².